The predicted molar refractivity (Wildman–Crippen MR) is 55.3 cm³/mol. The summed E-state index contributed by atoms with van der Waals surface area (Å²) in [6.07, 6.45) is 1.65. The molecule has 2 rings (SSSR count). The van der Waals surface area contributed by atoms with Gasteiger partial charge in [-0.15, -0.1) is 0 Å². The van der Waals surface area contributed by atoms with Crippen LogP contribution in [0.3, 0.4) is 0 Å². The van der Waals surface area contributed by atoms with Crippen molar-refractivity contribution in [1.29, 1.82) is 0 Å². The van der Waals surface area contributed by atoms with E-state index >= 15 is 0 Å². The van der Waals surface area contributed by atoms with Gasteiger partial charge in [0.25, 0.3) is 0 Å². The van der Waals surface area contributed by atoms with Gasteiger partial charge in [0.05, 0.1) is 12.7 Å². The minimum Gasteiger partial charge on any atom is -0.496 e. The standard InChI is InChI=1S/C11H11FN2O/c1-7-6-13-11(14-7)10-8(12)4-3-5-9(10)15-2/h3-6H,1-2H3,(H,13,14). The number of hydrogen-bond acceptors (Lipinski definition) is 2. The van der Waals surface area contributed by atoms with Gasteiger partial charge in [-0.2, -0.15) is 0 Å². The SMILES string of the molecule is COc1cccc(F)c1-c1ncc(C)[nH]1. The Hall–Kier alpha value is -1.84. The summed E-state index contributed by atoms with van der Waals surface area (Å²) in [6.45, 7) is 1.86. The third kappa shape index (κ3) is 1.70. The number of aryl methyl sites for hydroxylation is 1. The Morgan fingerprint density at radius 1 is 1.40 bits per heavy atom. The van der Waals surface area contributed by atoms with E-state index in [0.717, 1.165) is 5.69 Å². The smallest absolute Gasteiger partial charge is 0.144 e. The first-order valence-corrected chi connectivity index (χ1v) is 4.57. The van der Waals surface area contributed by atoms with Gasteiger partial charge in [-0.25, -0.2) is 9.37 Å². The van der Waals surface area contributed by atoms with Crippen molar-refractivity contribution >= 4 is 0 Å². The van der Waals surface area contributed by atoms with E-state index in [1.54, 1.807) is 18.3 Å². The Morgan fingerprint density at radius 2 is 2.20 bits per heavy atom. The molecule has 0 fully saturated rings. The molecule has 0 radical (unpaired) electrons. The van der Waals surface area contributed by atoms with Crippen molar-refractivity contribution in [3.8, 4) is 17.1 Å². The fraction of sp³-hybridized carbons (Fsp3) is 0.182. The van der Waals surface area contributed by atoms with E-state index in [-0.39, 0.29) is 5.82 Å². The molecular weight excluding hydrogens is 195 g/mol. The van der Waals surface area contributed by atoms with Crippen LogP contribution >= 0.6 is 0 Å². The number of ether oxygens (including phenoxy) is 1. The number of rotatable bonds is 2. The highest BCUT2D eigenvalue weighted by molar-refractivity contribution is 5.65. The van der Waals surface area contributed by atoms with Crippen molar-refractivity contribution in [1.82, 2.24) is 9.97 Å². The lowest BCUT2D eigenvalue weighted by atomic mass is 10.2. The number of aromatic nitrogens is 2. The molecule has 4 heteroatoms. The van der Waals surface area contributed by atoms with Gasteiger partial charge in [0.15, 0.2) is 0 Å². The van der Waals surface area contributed by atoms with Gasteiger partial charge < -0.3 is 9.72 Å². The van der Waals surface area contributed by atoms with Gasteiger partial charge in [0, 0.05) is 11.9 Å². The molecule has 1 aromatic carbocycles. The zero-order chi connectivity index (χ0) is 10.8. The quantitative estimate of drug-likeness (QED) is 0.819. The van der Waals surface area contributed by atoms with E-state index in [9.17, 15) is 4.39 Å². The number of nitrogens with one attached hydrogen (secondary N) is 1. The number of H-pyrrole nitrogens is 1. The molecule has 0 aliphatic carbocycles. The molecule has 0 spiro atoms. The van der Waals surface area contributed by atoms with Crippen molar-refractivity contribution in [2.45, 2.75) is 6.92 Å². The maximum absolute atomic E-state index is 13.6. The molecule has 1 N–H and O–H groups in total. The molecule has 78 valence electrons. The van der Waals surface area contributed by atoms with E-state index in [0.29, 0.717) is 17.1 Å². The lowest BCUT2D eigenvalue weighted by Gasteiger charge is -2.06. The van der Waals surface area contributed by atoms with Crippen LogP contribution < -0.4 is 4.74 Å². The molecule has 0 amide bonds. The highest BCUT2D eigenvalue weighted by Gasteiger charge is 2.13. The minimum absolute atomic E-state index is 0.344. The molecule has 0 saturated heterocycles. The van der Waals surface area contributed by atoms with E-state index in [2.05, 4.69) is 9.97 Å². The van der Waals surface area contributed by atoms with Crippen LogP contribution in [0.2, 0.25) is 0 Å². The lowest BCUT2D eigenvalue weighted by molar-refractivity contribution is 0.413. The van der Waals surface area contributed by atoms with Crippen LogP contribution in [0.4, 0.5) is 4.39 Å². The second-order valence-electron chi connectivity index (χ2n) is 3.23. The van der Waals surface area contributed by atoms with Gasteiger partial charge in [-0.05, 0) is 19.1 Å². The maximum atomic E-state index is 13.6. The first-order chi connectivity index (χ1) is 7.22. The van der Waals surface area contributed by atoms with E-state index in [1.165, 1.54) is 13.2 Å². The largest absolute Gasteiger partial charge is 0.496 e. The van der Waals surface area contributed by atoms with Crippen molar-refractivity contribution in [2.24, 2.45) is 0 Å². The number of aromatic amines is 1. The summed E-state index contributed by atoms with van der Waals surface area (Å²) >= 11 is 0. The molecule has 2 aromatic rings. The Bertz CT molecular complexity index is 479. The number of benzene rings is 1. The molecule has 0 unspecified atom stereocenters. The molecule has 0 atom stereocenters. The van der Waals surface area contributed by atoms with Gasteiger partial charge in [-0.1, -0.05) is 6.07 Å². The average molecular weight is 206 g/mol. The van der Waals surface area contributed by atoms with Crippen molar-refractivity contribution < 1.29 is 9.13 Å². The van der Waals surface area contributed by atoms with Crippen molar-refractivity contribution in [3.05, 3.63) is 35.9 Å². The summed E-state index contributed by atoms with van der Waals surface area (Å²) in [5, 5.41) is 0. The number of methoxy groups -OCH3 is 1. The summed E-state index contributed by atoms with van der Waals surface area (Å²) in [6, 6.07) is 4.69. The summed E-state index contributed by atoms with van der Waals surface area (Å²) in [5.41, 5.74) is 1.25. The average Bonchev–Trinajstić information content (AvgIpc) is 2.64. The molecule has 0 bridgehead atoms. The van der Waals surface area contributed by atoms with E-state index < -0.39 is 0 Å². The molecule has 1 heterocycles. The number of nitrogens with zero attached hydrogens (tertiary/aromatic N) is 1. The Kier molecular flexibility index (Phi) is 2.41. The molecule has 0 aliphatic rings. The second-order valence-corrected chi connectivity index (χ2v) is 3.23. The zero-order valence-electron chi connectivity index (χ0n) is 8.54. The maximum Gasteiger partial charge on any atom is 0.144 e. The molecule has 15 heavy (non-hydrogen) atoms. The van der Waals surface area contributed by atoms with Gasteiger partial charge in [0.1, 0.15) is 17.4 Å². The van der Waals surface area contributed by atoms with Crippen LogP contribution in [0.5, 0.6) is 5.75 Å². The fourth-order valence-electron chi connectivity index (χ4n) is 1.44. The van der Waals surface area contributed by atoms with Crippen LogP contribution in [0.25, 0.3) is 11.4 Å². The molecule has 1 aromatic heterocycles. The normalized spacial score (nSPS) is 10.3. The van der Waals surface area contributed by atoms with Crippen LogP contribution in [0.15, 0.2) is 24.4 Å². The van der Waals surface area contributed by atoms with Crippen molar-refractivity contribution in [3.63, 3.8) is 0 Å². The third-order valence-electron chi connectivity index (χ3n) is 2.13. The lowest BCUT2D eigenvalue weighted by Crippen LogP contribution is -1.92. The molecule has 3 nitrogen and oxygen atoms in total. The monoisotopic (exact) mass is 206 g/mol. The minimum atomic E-state index is -0.344. The van der Waals surface area contributed by atoms with Gasteiger partial charge in [-0.3, -0.25) is 0 Å². The summed E-state index contributed by atoms with van der Waals surface area (Å²) in [7, 11) is 1.51. The summed E-state index contributed by atoms with van der Waals surface area (Å²) in [4.78, 5) is 7.06. The second kappa shape index (κ2) is 3.73. The van der Waals surface area contributed by atoms with Crippen LogP contribution in [0, 0.1) is 12.7 Å². The van der Waals surface area contributed by atoms with E-state index in [1.807, 2.05) is 6.92 Å². The first kappa shape index (κ1) is 9.71. The first-order valence-electron chi connectivity index (χ1n) is 4.57. The molecular formula is C11H11FN2O. The highest BCUT2D eigenvalue weighted by atomic mass is 19.1. The molecule has 0 saturated carbocycles. The predicted octanol–water partition coefficient (Wildman–Crippen LogP) is 2.53. The Balaban J connectivity index is 2.60. The zero-order valence-corrected chi connectivity index (χ0v) is 8.54. The van der Waals surface area contributed by atoms with Gasteiger partial charge in [0.2, 0.25) is 0 Å². The summed E-state index contributed by atoms with van der Waals surface area (Å²) < 4.78 is 18.7. The number of hydrogen-bond donors (Lipinski definition) is 1. The Morgan fingerprint density at radius 3 is 2.80 bits per heavy atom. The van der Waals surface area contributed by atoms with Crippen LogP contribution in [-0.2, 0) is 0 Å². The fourth-order valence-corrected chi connectivity index (χ4v) is 1.44. The number of imidazole rings is 1. The van der Waals surface area contributed by atoms with Crippen molar-refractivity contribution in [2.75, 3.05) is 7.11 Å². The molecule has 0 aliphatic heterocycles. The van der Waals surface area contributed by atoms with Gasteiger partial charge >= 0.3 is 0 Å². The number of halogens is 1. The van der Waals surface area contributed by atoms with Crippen LogP contribution in [-0.4, -0.2) is 17.1 Å². The topological polar surface area (TPSA) is 37.9 Å². The Labute approximate surface area is 86.9 Å². The summed E-state index contributed by atoms with van der Waals surface area (Å²) in [5.74, 6) is 0.621. The van der Waals surface area contributed by atoms with E-state index in [4.69, 9.17) is 4.74 Å². The highest BCUT2D eigenvalue weighted by Crippen LogP contribution is 2.30. The van der Waals surface area contributed by atoms with Crippen LogP contribution in [0.1, 0.15) is 5.69 Å². The third-order valence-corrected chi connectivity index (χ3v) is 2.13.